The molecule has 0 saturated carbocycles. The van der Waals surface area contributed by atoms with Crippen molar-refractivity contribution in [3.8, 4) is 5.75 Å². The molecule has 8 nitrogen and oxygen atoms in total. The minimum Gasteiger partial charge on any atom is -0.485 e. The van der Waals surface area contributed by atoms with Crippen LogP contribution in [0.2, 0.25) is 5.02 Å². The highest BCUT2D eigenvalue weighted by atomic mass is 35.5. The van der Waals surface area contributed by atoms with Crippen LogP contribution < -0.4 is 15.0 Å². The van der Waals surface area contributed by atoms with Crippen LogP contribution in [-0.2, 0) is 16.6 Å². The molecular formula is C21H18ClN3O5S. The van der Waals surface area contributed by atoms with E-state index in [1.807, 2.05) is 6.92 Å². The molecule has 4 rings (SSSR count). The molecule has 0 aliphatic rings. The van der Waals surface area contributed by atoms with Crippen molar-refractivity contribution >= 4 is 33.0 Å². The van der Waals surface area contributed by atoms with Gasteiger partial charge in [-0.3, -0.25) is 9.52 Å². The van der Waals surface area contributed by atoms with Crippen LogP contribution >= 0.6 is 11.6 Å². The monoisotopic (exact) mass is 459 g/mol. The topological polar surface area (TPSA) is 103 Å². The third-order valence-electron chi connectivity index (χ3n) is 4.42. The standard InChI is InChI=1S/C21H18ClN3O5S/c1-13-3-6-17(7-4-13)31(27,28)24-18-10-15(22)5-8-19(18)29-12-16-11-21(26)25-20(23-16)9-14(2)30-25/h3-11,24H,12H2,1-2H3. The number of nitrogens with zero attached hydrogens (tertiary/aromatic N) is 2. The van der Waals surface area contributed by atoms with Crippen molar-refractivity contribution in [1.29, 1.82) is 0 Å². The molecule has 2 heterocycles. The zero-order valence-electron chi connectivity index (χ0n) is 16.6. The molecule has 0 amide bonds. The number of fused-ring (bicyclic) bond motifs is 1. The zero-order chi connectivity index (χ0) is 22.2. The summed E-state index contributed by atoms with van der Waals surface area (Å²) in [4.78, 5) is 16.6. The van der Waals surface area contributed by atoms with Crippen LogP contribution in [0.3, 0.4) is 0 Å². The number of sulfonamides is 1. The van der Waals surface area contributed by atoms with Gasteiger partial charge in [0.1, 0.15) is 18.1 Å². The SMILES string of the molecule is Cc1ccc(S(=O)(=O)Nc2cc(Cl)ccc2OCc2cc(=O)n3oc(C)cc3n2)cc1. The lowest BCUT2D eigenvalue weighted by Crippen LogP contribution is -2.15. The van der Waals surface area contributed by atoms with Gasteiger partial charge in [0.05, 0.1) is 16.3 Å². The minimum absolute atomic E-state index is 0.0587. The Morgan fingerprint density at radius 1 is 1.10 bits per heavy atom. The first-order valence-electron chi connectivity index (χ1n) is 9.23. The molecule has 0 aliphatic carbocycles. The second kappa shape index (κ2) is 8.09. The Morgan fingerprint density at radius 2 is 1.84 bits per heavy atom. The van der Waals surface area contributed by atoms with Gasteiger partial charge in [0.15, 0.2) is 5.65 Å². The summed E-state index contributed by atoms with van der Waals surface area (Å²) in [5.74, 6) is 0.790. The Labute approximate surface area is 183 Å². The Kier molecular flexibility index (Phi) is 5.47. The molecule has 1 N–H and O–H groups in total. The van der Waals surface area contributed by atoms with Crippen LogP contribution in [0.1, 0.15) is 17.0 Å². The summed E-state index contributed by atoms with van der Waals surface area (Å²) in [6.07, 6.45) is 0. The molecule has 4 aromatic rings. The van der Waals surface area contributed by atoms with Gasteiger partial charge in [0.2, 0.25) is 0 Å². The molecule has 0 unspecified atom stereocenters. The zero-order valence-corrected chi connectivity index (χ0v) is 18.2. The van der Waals surface area contributed by atoms with Crippen molar-refractivity contribution in [2.75, 3.05) is 4.72 Å². The minimum atomic E-state index is -3.86. The number of halogens is 1. The number of ether oxygens (including phenoxy) is 1. The lowest BCUT2D eigenvalue weighted by atomic mass is 10.2. The van der Waals surface area contributed by atoms with E-state index in [0.29, 0.717) is 22.1 Å². The molecule has 0 spiro atoms. The summed E-state index contributed by atoms with van der Waals surface area (Å²) in [6, 6.07) is 14.0. The van der Waals surface area contributed by atoms with E-state index in [1.165, 1.54) is 24.3 Å². The van der Waals surface area contributed by atoms with Crippen LogP contribution in [0, 0.1) is 13.8 Å². The number of aryl methyl sites for hydroxylation is 2. The summed E-state index contributed by atoms with van der Waals surface area (Å²) in [7, 11) is -3.86. The number of hydrogen-bond acceptors (Lipinski definition) is 6. The Bertz CT molecular complexity index is 1430. The van der Waals surface area contributed by atoms with Crippen LogP contribution in [0.5, 0.6) is 5.75 Å². The third-order valence-corrected chi connectivity index (χ3v) is 6.03. The molecule has 10 heteroatoms. The summed E-state index contributed by atoms with van der Waals surface area (Å²) in [6.45, 7) is 3.52. The average molecular weight is 460 g/mol. The maximum Gasteiger partial charge on any atom is 0.287 e. The average Bonchev–Trinajstić information content (AvgIpc) is 3.08. The molecule has 0 fully saturated rings. The molecule has 2 aromatic carbocycles. The van der Waals surface area contributed by atoms with E-state index in [0.717, 1.165) is 10.1 Å². The number of nitrogens with one attached hydrogen (secondary N) is 1. The lowest BCUT2D eigenvalue weighted by molar-refractivity contribution is 0.300. The van der Waals surface area contributed by atoms with Gasteiger partial charge in [0, 0.05) is 17.2 Å². The molecular weight excluding hydrogens is 442 g/mol. The second-order valence-electron chi connectivity index (χ2n) is 6.93. The highest BCUT2D eigenvalue weighted by molar-refractivity contribution is 7.92. The van der Waals surface area contributed by atoms with Gasteiger partial charge in [0.25, 0.3) is 15.6 Å². The predicted molar refractivity (Wildman–Crippen MR) is 116 cm³/mol. The van der Waals surface area contributed by atoms with Gasteiger partial charge in [-0.15, -0.1) is 4.57 Å². The van der Waals surface area contributed by atoms with Crippen LogP contribution in [0.25, 0.3) is 5.65 Å². The molecule has 0 bridgehead atoms. The maximum atomic E-state index is 12.8. The maximum absolute atomic E-state index is 12.8. The number of aromatic nitrogens is 2. The van der Waals surface area contributed by atoms with E-state index in [1.54, 1.807) is 37.3 Å². The van der Waals surface area contributed by atoms with Crippen LogP contribution in [-0.4, -0.2) is 18.0 Å². The number of benzene rings is 2. The summed E-state index contributed by atoms with van der Waals surface area (Å²) >= 11 is 6.06. The Balaban J connectivity index is 1.60. The molecule has 2 aromatic heterocycles. The van der Waals surface area contributed by atoms with Gasteiger partial charge in [-0.1, -0.05) is 29.3 Å². The van der Waals surface area contributed by atoms with E-state index in [-0.39, 0.29) is 28.5 Å². The fraction of sp³-hybridized carbons (Fsp3) is 0.143. The molecule has 0 atom stereocenters. The van der Waals surface area contributed by atoms with Crippen molar-refractivity contribution < 1.29 is 17.7 Å². The van der Waals surface area contributed by atoms with E-state index in [9.17, 15) is 13.2 Å². The Morgan fingerprint density at radius 3 is 2.58 bits per heavy atom. The summed E-state index contributed by atoms with van der Waals surface area (Å²) in [5.41, 5.74) is 1.46. The fourth-order valence-electron chi connectivity index (χ4n) is 2.93. The van der Waals surface area contributed by atoms with Gasteiger partial charge >= 0.3 is 0 Å². The molecule has 0 aliphatic heterocycles. The number of anilines is 1. The predicted octanol–water partition coefficient (Wildman–Crippen LogP) is 3.94. The Hall–Kier alpha value is -3.30. The van der Waals surface area contributed by atoms with Crippen LogP contribution in [0.15, 0.2) is 68.8 Å². The molecule has 160 valence electrons. The van der Waals surface area contributed by atoms with Crippen molar-refractivity contribution in [1.82, 2.24) is 9.56 Å². The van der Waals surface area contributed by atoms with Crippen molar-refractivity contribution in [3.63, 3.8) is 0 Å². The largest absolute Gasteiger partial charge is 0.485 e. The third kappa shape index (κ3) is 4.57. The van der Waals surface area contributed by atoms with Gasteiger partial charge in [-0.25, -0.2) is 13.4 Å². The van der Waals surface area contributed by atoms with E-state index < -0.39 is 10.0 Å². The highest BCUT2D eigenvalue weighted by Gasteiger charge is 2.17. The molecule has 31 heavy (non-hydrogen) atoms. The first-order chi connectivity index (χ1) is 14.7. The summed E-state index contributed by atoms with van der Waals surface area (Å²) < 4.78 is 40.2. The fourth-order valence-corrected chi connectivity index (χ4v) is 4.16. The molecule has 0 saturated heterocycles. The lowest BCUT2D eigenvalue weighted by Gasteiger charge is -2.14. The van der Waals surface area contributed by atoms with Gasteiger partial charge < -0.3 is 9.26 Å². The van der Waals surface area contributed by atoms with Crippen molar-refractivity contribution in [2.45, 2.75) is 25.3 Å². The van der Waals surface area contributed by atoms with Crippen molar-refractivity contribution in [3.05, 3.63) is 87.0 Å². The van der Waals surface area contributed by atoms with Crippen molar-refractivity contribution in [2.24, 2.45) is 0 Å². The number of rotatable bonds is 6. The van der Waals surface area contributed by atoms with E-state index >= 15 is 0 Å². The number of hydrogen-bond donors (Lipinski definition) is 1. The van der Waals surface area contributed by atoms with Crippen LogP contribution in [0.4, 0.5) is 5.69 Å². The quantitative estimate of drug-likeness (QED) is 0.468. The summed E-state index contributed by atoms with van der Waals surface area (Å²) in [5, 5.41) is 0.334. The molecule has 0 radical (unpaired) electrons. The smallest absolute Gasteiger partial charge is 0.287 e. The second-order valence-corrected chi connectivity index (χ2v) is 9.05. The van der Waals surface area contributed by atoms with Gasteiger partial charge in [-0.05, 0) is 44.2 Å². The van der Waals surface area contributed by atoms with E-state index in [4.69, 9.17) is 20.9 Å². The highest BCUT2D eigenvalue weighted by Crippen LogP contribution is 2.30. The first kappa shape index (κ1) is 21.0. The first-order valence-corrected chi connectivity index (χ1v) is 11.1. The van der Waals surface area contributed by atoms with Gasteiger partial charge in [-0.2, -0.15) is 0 Å². The van der Waals surface area contributed by atoms with E-state index in [2.05, 4.69) is 9.71 Å². The normalized spacial score (nSPS) is 11.6.